The summed E-state index contributed by atoms with van der Waals surface area (Å²) in [6.07, 6.45) is 0.105. The smallest absolute Gasteiger partial charge is 0.327 e. The minimum absolute atomic E-state index is 0.0669. The molecule has 1 heterocycles. The van der Waals surface area contributed by atoms with E-state index in [9.17, 15) is 48.3 Å². The van der Waals surface area contributed by atoms with Crippen molar-refractivity contribution in [1.82, 2.24) is 36.8 Å². The molecule has 294 valence electrons. The Balaban J connectivity index is 3.05. The largest absolute Gasteiger partial charge is 0.480 e. The van der Waals surface area contributed by atoms with Crippen LogP contribution in [0.3, 0.4) is 0 Å². The van der Waals surface area contributed by atoms with Gasteiger partial charge in [-0.05, 0) is 38.0 Å². The fourth-order valence-electron chi connectivity index (χ4n) is 5.07. The van der Waals surface area contributed by atoms with Gasteiger partial charge < -0.3 is 53.4 Å². The summed E-state index contributed by atoms with van der Waals surface area (Å²) in [5.41, 5.74) is 10.8. The maximum absolute atomic E-state index is 13.9. The first kappa shape index (κ1) is 45.9. The van der Waals surface area contributed by atoms with Gasteiger partial charge in [0.1, 0.15) is 36.3 Å². The van der Waals surface area contributed by atoms with Gasteiger partial charge in [0, 0.05) is 24.5 Å². The van der Waals surface area contributed by atoms with Crippen molar-refractivity contribution in [2.24, 2.45) is 23.3 Å². The fourth-order valence-corrected chi connectivity index (χ4v) is 5.49. The molecule has 0 radical (unpaired) electrons. The van der Waals surface area contributed by atoms with Gasteiger partial charge in [-0.2, -0.15) is 25.3 Å². The lowest BCUT2D eigenvalue weighted by Crippen LogP contribution is -2.61. The molecule has 7 atom stereocenters. The van der Waals surface area contributed by atoms with Crippen molar-refractivity contribution in [3.63, 3.8) is 0 Å². The average Bonchev–Trinajstić information content (AvgIpc) is 3.57. The van der Waals surface area contributed by atoms with Crippen LogP contribution in [-0.4, -0.2) is 130 Å². The summed E-state index contributed by atoms with van der Waals surface area (Å²) in [5.74, 6) is -8.09. The Bertz CT molecular complexity index is 1340. The molecule has 21 heteroatoms. The second-order valence-corrected chi connectivity index (χ2v) is 13.8. The van der Waals surface area contributed by atoms with Gasteiger partial charge in [0.05, 0.1) is 12.6 Å². The highest BCUT2D eigenvalue weighted by molar-refractivity contribution is 7.80. The predicted octanol–water partition coefficient (Wildman–Crippen LogP) is -3.61. The third kappa shape index (κ3) is 14.5. The molecular formula is C31H53N9O10S2. The number of carboxylic acids is 1. The van der Waals surface area contributed by atoms with Gasteiger partial charge in [0.2, 0.25) is 47.3 Å². The minimum atomic E-state index is -1.37. The molecule has 0 unspecified atom stereocenters. The van der Waals surface area contributed by atoms with Crippen molar-refractivity contribution in [3.05, 3.63) is 0 Å². The Kier molecular flexibility index (Phi) is 19.5. The molecule has 0 aromatic carbocycles. The topological polar surface area (TPSA) is 301 Å². The first-order chi connectivity index (χ1) is 24.2. The van der Waals surface area contributed by atoms with E-state index >= 15 is 0 Å². The molecule has 11 N–H and O–H groups in total. The number of carbonyl (C=O) groups excluding carboxylic acids is 8. The second kappa shape index (κ2) is 22.1. The van der Waals surface area contributed by atoms with Crippen molar-refractivity contribution in [1.29, 1.82) is 0 Å². The maximum atomic E-state index is 13.9. The van der Waals surface area contributed by atoms with Gasteiger partial charge in [-0.25, -0.2) is 4.79 Å². The number of carboxylic acid groups (broad SMARTS) is 1. The molecule has 0 aromatic rings. The first-order valence-electron chi connectivity index (χ1n) is 16.8. The second-order valence-electron chi connectivity index (χ2n) is 13.1. The van der Waals surface area contributed by atoms with Crippen LogP contribution in [0.25, 0.3) is 0 Å². The van der Waals surface area contributed by atoms with Crippen molar-refractivity contribution >= 4 is 78.5 Å². The zero-order chi connectivity index (χ0) is 39.9. The predicted molar refractivity (Wildman–Crippen MR) is 194 cm³/mol. The Hall–Kier alpha value is -4.11. The van der Waals surface area contributed by atoms with Crippen molar-refractivity contribution in [2.45, 2.75) is 103 Å². The third-order valence-electron chi connectivity index (χ3n) is 8.15. The highest BCUT2D eigenvalue weighted by Crippen LogP contribution is 2.21. The monoisotopic (exact) mass is 775 g/mol. The number of thiol groups is 2. The van der Waals surface area contributed by atoms with Crippen molar-refractivity contribution < 1.29 is 48.3 Å². The number of primary amides is 1. The van der Waals surface area contributed by atoms with Crippen LogP contribution in [0.1, 0.15) is 60.3 Å². The van der Waals surface area contributed by atoms with Gasteiger partial charge in [-0.15, -0.1) is 0 Å². The molecule has 0 bridgehead atoms. The van der Waals surface area contributed by atoms with E-state index in [4.69, 9.17) is 11.5 Å². The number of carbonyl (C=O) groups is 9. The molecule has 52 heavy (non-hydrogen) atoms. The molecule has 1 aliphatic heterocycles. The standard InChI is InChI=1S/C31H53N9O10S2/c1-14(2)23(38-25(43)16(5)35-22(42)11-34-26(44)17(32)12-51)29(47)39-24(15(3)4)30(48)40-10-6-7-20(40)28(46)36-18(8-9-21(33)41)27(45)37-19(13-52)31(49)50/h14-20,23-24,51-52H,6-13,32H2,1-5H3,(H2,33,41)(H,34,44)(H,35,42)(H,36,46)(H,37,45)(H,38,43)(H,39,47)(H,49,50)/t16-,17-,18-,19-,20-,23-,24-/m0/s1. The van der Waals surface area contributed by atoms with E-state index in [1.54, 1.807) is 27.7 Å². The van der Waals surface area contributed by atoms with Gasteiger partial charge >= 0.3 is 5.97 Å². The number of nitrogens with zero attached hydrogens (tertiary/aromatic N) is 1. The molecule has 0 aliphatic carbocycles. The molecular weight excluding hydrogens is 723 g/mol. The summed E-state index contributed by atoms with van der Waals surface area (Å²) in [6, 6.07) is -8.07. The van der Waals surface area contributed by atoms with Crippen LogP contribution in [0.5, 0.6) is 0 Å². The summed E-state index contributed by atoms with van der Waals surface area (Å²) in [5, 5.41) is 24.1. The third-order valence-corrected chi connectivity index (χ3v) is 8.91. The lowest BCUT2D eigenvalue weighted by Gasteiger charge is -2.33. The van der Waals surface area contributed by atoms with Gasteiger partial charge in [0.25, 0.3) is 0 Å². The van der Waals surface area contributed by atoms with E-state index in [0.717, 1.165) is 0 Å². The quantitative estimate of drug-likeness (QED) is 0.0506. The van der Waals surface area contributed by atoms with E-state index in [1.807, 2.05) is 0 Å². The number of likely N-dealkylation sites (tertiary alicyclic amines) is 1. The van der Waals surface area contributed by atoms with Crippen LogP contribution in [-0.2, 0) is 43.2 Å². The van der Waals surface area contributed by atoms with Crippen LogP contribution in [0.4, 0.5) is 0 Å². The van der Waals surface area contributed by atoms with Crippen molar-refractivity contribution in [3.8, 4) is 0 Å². The van der Waals surface area contributed by atoms with Crippen molar-refractivity contribution in [2.75, 3.05) is 24.6 Å². The Morgan fingerprint density at radius 1 is 0.769 bits per heavy atom. The number of hydrogen-bond acceptors (Lipinski definition) is 12. The summed E-state index contributed by atoms with van der Waals surface area (Å²) in [6.45, 7) is 7.79. The zero-order valence-corrected chi connectivity index (χ0v) is 31.8. The van der Waals surface area contributed by atoms with Gasteiger partial charge in [-0.3, -0.25) is 38.4 Å². The SMILES string of the molecule is CC(C)[C@H](NC(=O)[C@H](C)NC(=O)CNC(=O)[C@@H](N)CS)C(=O)N[C@H](C(=O)N1CCC[C@H]1C(=O)N[C@@H](CCC(N)=O)C(=O)N[C@@H](CS)C(=O)O)C(C)C. The van der Waals surface area contributed by atoms with Crippen LogP contribution in [0.15, 0.2) is 0 Å². The number of rotatable bonds is 21. The van der Waals surface area contributed by atoms with Crippen LogP contribution < -0.4 is 43.4 Å². The normalized spacial score (nSPS) is 17.5. The number of aliphatic carboxylic acids is 1. The van der Waals surface area contributed by atoms with E-state index < -0.39 is 114 Å². The fraction of sp³-hybridized carbons (Fsp3) is 0.710. The average molecular weight is 776 g/mol. The molecule has 1 fully saturated rings. The minimum Gasteiger partial charge on any atom is -0.480 e. The number of hydrogen-bond donors (Lipinski definition) is 11. The highest BCUT2D eigenvalue weighted by atomic mass is 32.1. The zero-order valence-electron chi connectivity index (χ0n) is 30.0. The summed E-state index contributed by atoms with van der Waals surface area (Å²) < 4.78 is 0. The first-order valence-corrected chi connectivity index (χ1v) is 18.1. The summed E-state index contributed by atoms with van der Waals surface area (Å²) in [4.78, 5) is 115. The van der Waals surface area contributed by atoms with Crippen LogP contribution in [0.2, 0.25) is 0 Å². The Morgan fingerprint density at radius 3 is 1.88 bits per heavy atom. The summed E-state index contributed by atoms with van der Waals surface area (Å²) in [7, 11) is 0. The molecule has 1 rings (SSSR count). The van der Waals surface area contributed by atoms with E-state index in [1.165, 1.54) is 11.8 Å². The lowest BCUT2D eigenvalue weighted by molar-refractivity contribution is -0.144. The number of nitrogens with two attached hydrogens (primary N) is 2. The molecule has 19 nitrogen and oxygen atoms in total. The van der Waals surface area contributed by atoms with Gasteiger partial charge in [0.15, 0.2) is 0 Å². The molecule has 0 saturated carbocycles. The maximum Gasteiger partial charge on any atom is 0.327 e. The summed E-state index contributed by atoms with van der Waals surface area (Å²) >= 11 is 7.83. The molecule has 1 saturated heterocycles. The molecule has 0 aromatic heterocycles. The Morgan fingerprint density at radius 2 is 1.37 bits per heavy atom. The van der Waals surface area contributed by atoms with E-state index in [-0.39, 0.29) is 37.3 Å². The number of amides is 8. The molecule has 8 amide bonds. The molecule has 1 aliphatic rings. The Labute approximate surface area is 313 Å². The van der Waals surface area contributed by atoms with E-state index in [2.05, 4.69) is 57.2 Å². The van der Waals surface area contributed by atoms with E-state index in [0.29, 0.717) is 6.42 Å². The van der Waals surface area contributed by atoms with Crippen LogP contribution in [0, 0.1) is 11.8 Å². The molecule has 0 spiro atoms. The lowest BCUT2D eigenvalue weighted by atomic mass is 9.98. The number of nitrogens with one attached hydrogen (secondary N) is 6. The van der Waals surface area contributed by atoms with Gasteiger partial charge in [-0.1, -0.05) is 27.7 Å². The van der Waals surface area contributed by atoms with Crippen LogP contribution >= 0.6 is 25.3 Å². The highest BCUT2D eigenvalue weighted by Gasteiger charge is 2.41.